The molecule has 0 amide bonds. The summed E-state index contributed by atoms with van der Waals surface area (Å²) in [6.45, 7) is 0. The van der Waals surface area contributed by atoms with Crippen molar-refractivity contribution >= 4 is 37.5 Å². The molecule has 0 aliphatic heterocycles. The van der Waals surface area contributed by atoms with Gasteiger partial charge in [-0.25, -0.2) is 0 Å². The number of anilines is 1. The monoisotopic (exact) mass is 384 g/mol. The molecule has 1 aromatic heterocycles. The Kier molecular flexibility index (Phi) is 4.93. The number of nitrogens with zero attached hydrogens (tertiary/aromatic N) is 1. The van der Waals surface area contributed by atoms with Crippen LogP contribution < -0.4 is 17.0 Å². The van der Waals surface area contributed by atoms with E-state index in [9.17, 15) is 0 Å². The molecule has 1 atom stereocenters. The third-order valence-corrected chi connectivity index (χ3v) is 3.79. The van der Waals surface area contributed by atoms with E-state index in [1.54, 1.807) is 6.20 Å². The van der Waals surface area contributed by atoms with Gasteiger partial charge in [0, 0.05) is 32.9 Å². The van der Waals surface area contributed by atoms with E-state index < -0.39 is 0 Å². The van der Waals surface area contributed by atoms with Gasteiger partial charge in [-0.2, -0.15) is 0 Å². The van der Waals surface area contributed by atoms with Gasteiger partial charge >= 0.3 is 0 Å². The van der Waals surface area contributed by atoms with Crippen LogP contribution in [0.4, 0.5) is 5.69 Å². The molecule has 0 fully saturated rings. The first-order valence-corrected chi connectivity index (χ1v) is 7.30. The molecule has 0 aliphatic carbocycles. The molecule has 0 saturated carbocycles. The number of halogens is 2. The van der Waals surface area contributed by atoms with E-state index in [2.05, 4.69) is 42.3 Å². The van der Waals surface area contributed by atoms with Crippen molar-refractivity contribution in [2.75, 3.05) is 5.73 Å². The van der Waals surface area contributed by atoms with Gasteiger partial charge in [-0.05, 0) is 51.8 Å². The lowest BCUT2D eigenvalue weighted by Gasteiger charge is -2.18. The summed E-state index contributed by atoms with van der Waals surface area (Å²) in [6, 6.07) is 9.58. The molecule has 5 N–H and O–H groups in total. The van der Waals surface area contributed by atoms with Crippen LogP contribution >= 0.6 is 31.9 Å². The maximum Gasteiger partial charge on any atom is 0.0536 e. The van der Waals surface area contributed by atoms with Gasteiger partial charge in [0.2, 0.25) is 0 Å². The zero-order valence-electron chi connectivity index (χ0n) is 10.1. The quantitative estimate of drug-likeness (QED) is 0.429. The summed E-state index contributed by atoms with van der Waals surface area (Å²) in [6.07, 6.45) is 2.44. The Morgan fingerprint density at radius 3 is 2.53 bits per heavy atom. The summed E-state index contributed by atoms with van der Waals surface area (Å²) < 4.78 is 1.93. The van der Waals surface area contributed by atoms with Gasteiger partial charge in [-0.3, -0.25) is 16.3 Å². The van der Waals surface area contributed by atoms with Gasteiger partial charge in [0.05, 0.1) is 6.04 Å². The molecule has 0 spiro atoms. The van der Waals surface area contributed by atoms with E-state index in [0.717, 1.165) is 20.2 Å². The standard InChI is InChI=1S/C13H14Br2N4/c14-8-2-4-12(16)11(5-8)13(19-17)6-10-3-1-9(15)7-18-10/h1-5,7,13,19H,6,16-17H2. The maximum atomic E-state index is 6.00. The summed E-state index contributed by atoms with van der Waals surface area (Å²) >= 11 is 6.81. The molecule has 1 unspecified atom stereocenters. The van der Waals surface area contributed by atoms with E-state index in [1.165, 1.54) is 0 Å². The first kappa shape index (κ1) is 14.5. The largest absolute Gasteiger partial charge is 0.398 e. The fraction of sp³-hybridized carbons (Fsp3) is 0.154. The molecule has 0 saturated heterocycles. The van der Waals surface area contributed by atoms with E-state index in [1.807, 2.05) is 30.3 Å². The lowest BCUT2D eigenvalue weighted by Crippen LogP contribution is -2.30. The average Bonchev–Trinajstić information content (AvgIpc) is 2.41. The second kappa shape index (κ2) is 6.47. The fourth-order valence-electron chi connectivity index (χ4n) is 1.84. The lowest BCUT2D eigenvalue weighted by molar-refractivity contribution is 0.547. The molecule has 1 aromatic carbocycles. The van der Waals surface area contributed by atoms with Crippen molar-refractivity contribution in [3.8, 4) is 0 Å². The summed E-state index contributed by atoms with van der Waals surface area (Å²) in [4.78, 5) is 4.35. The van der Waals surface area contributed by atoms with Crippen molar-refractivity contribution in [2.45, 2.75) is 12.5 Å². The number of aromatic nitrogens is 1. The molecular formula is C13H14Br2N4. The molecule has 0 radical (unpaired) electrons. The zero-order chi connectivity index (χ0) is 13.8. The SMILES string of the molecule is NNC(Cc1ccc(Br)cn1)c1cc(Br)ccc1N. The highest BCUT2D eigenvalue weighted by molar-refractivity contribution is 9.10. The Balaban J connectivity index is 2.24. The van der Waals surface area contributed by atoms with Crippen LogP contribution in [-0.2, 0) is 6.42 Å². The van der Waals surface area contributed by atoms with Crippen LogP contribution in [0.1, 0.15) is 17.3 Å². The first-order chi connectivity index (χ1) is 9.10. The maximum absolute atomic E-state index is 6.00. The Morgan fingerprint density at radius 2 is 1.89 bits per heavy atom. The number of nitrogens with two attached hydrogens (primary N) is 2. The molecule has 6 heteroatoms. The molecular weight excluding hydrogens is 372 g/mol. The predicted molar refractivity (Wildman–Crippen MR) is 84.3 cm³/mol. The number of nitrogen functional groups attached to an aromatic ring is 1. The highest BCUT2D eigenvalue weighted by Gasteiger charge is 2.14. The van der Waals surface area contributed by atoms with E-state index in [4.69, 9.17) is 11.6 Å². The molecule has 0 aliphatic rings. The fourth-order valence-corrected chi connectivity index (χ4v) is 2.46. The van der Waals surface area contributed by atoms with Crippen molar-refractivity contribution in [2.24, 2.45) is 5.84 Å². The summed E-state index contributed by atoms with van der Waals surface area (Å²) in [7, 11) is 0. The average molecular weight is 386 g/mol. The van der Waals surface area contributed by atoms with Gasteiger partial charge in [-0.1, -0.05) is 15.9 Å². The number of hydrazine groups is 1. The molecule has 19 heavy (non-hydrogen) atoms. The highest BCUT2D eigenvalue weighted by atomic mass is 79.9. The first-order valence-electron chi connectivity index (χ1n) is 5.71. The van der Waals surface area contributed by atoms with E-state index in [0.29, 0.717) is 12.1 Å². The van der Waals surface area contributed by atoms with Gasteiger partial charge < -0.3 is 5.73 Å². The van der Waals surface area contributed by atoms with Crippen molar-refractivity contribution in [3.63, 3.8) is 0 Å². The van der Waals surface area contributed by atoms with Crippen LogP contribution in [0.2, 0.25) is 0 Å². The third-order valence-electron chi connectivity index (χ3n) is 2.83. The molecule has 2 rings (SSSR count). The highest BCUT2D eigenvalue weighted by Crippen LogP contribution is 2.26. The summed E-state index contributed by atoms with van der Waals surface area (Å²) in [5.74, 6) is 5.64. The van der Waals surface area contributed by atoms with Crippen molar-refractivity contribution < 1.29 is 0 Å². The number of hydrogen-bond donors (Lipinski definition) is 3. The second-order valence-corrected chi connectivity index (χ2v) is 6.00. The molecule has 1 heterocycles. The Bertz CT molecular complexity index is 557. The Labute approximate surface area is 128 Å². The molecule has 100 valence electrons. The molecule has 2 aromatic rings. The number of rotatable bonds is 4. The lowest BCUT2D eigenvalue weighted by atomic mass is 10.0. The predicted octanol–water partition coefficient (Wildman–Crippen LogP) is 2.94. The van der Waals surface area contributed by atoms with Gasteiger partial charge in [0.15, 0.2) is 0 Å². The number of benzene rings is 1. The second-order valence-electron chi connectivity index (χ2n) is 4.16. The number of nitrogens with one attached hydrogen (secondary N) is 1. The van der Waals surface area contributed by atoms with Gasteiger partial charge in [0.1, 0.15) is 0 Å². The summed E-state index contributed by atoms with van der Waals surface area (Å²) in [5, 5.41) is 0. The van der Waals surface area contributed by atoms with Gasteiger partial charge in [-0.15, -0.1) is 0 Å². The minimum atomic E-state index is -0.0776. The van der Waals surface area contributed by atoms with Crippen molar-refractivity contribution in [3.05, 3.63) is 56.7 Å². The van der Waals surface area contributed by atoms with E-state index >= 15 is 0 Å². The van der Waals surface area contributed by atoms with Crippen LogP contribution in [0.5, 0.6) is 0 Å². The topological polar surface area (TPSA) is 77.0 Å². The van der Waals surface area contributed by atoms with E-state index in [-0.39, 0.29) is 6.04 Å². The van der Waals surface area contributed by atoms with Crippen LogP contribution in [0.15, 0.2) is 45.5 Å². The number of pyridine rings is 1. The Hall–Kier alpha value is -0.950. The van der Waals surface area contributed by atoms with Crippen LogP contribution in [0.3, 0.4) is 0 Å². The van der Waals surface area contributed by atoms with Crippen molar-refractivity contribution in [1.29, 1.82) is 0 Å². The summed E-state index contributed by atoms with van der Waals surface area (Å²) in [5.41, 5.74) is 11.4. The minimum Gasteiger partial charge on any atom is -0.398 e. The molecule has 4 nitrogen and oxygen atoms in total. The molecule has 0 bridgehead atoms. The number of hydrogen-bond acceptors (Lipinski definition) is 4. The smallest absolute Gasteiger partial charge is 0.0536 e. The third kappa shape index (κ3) is 3.76. The Morgan fingerprint density at radius 1 is 1.16 bits per heavy atom. The van der Waals surface area contributed by atoms with Crippen molar-refractivity contribution in [1.82, 2.24) is 10.4 Å². The van der Waals surface area contributed by atoms with Crippen LogP contribution in [0, 0.1) is 0 Å². The zero-order valence-corrected chi connectivity index (χ0v) is 13.3. The van der Waals surface area contributed by atoms with Crippen LogP contribution in [-0.4, -0.2) is 4.98 Å². The minimum absolute atomic E-state index is 0.0776. The normalized spacial score (nSPS) is 12.4. The van der Waals surface area contributed by atoms with Gasteiger partial charge in [0.25, 0.3) is 0 Å². The van der Waals surface area contributed by atoms with Crippen LogP contribution in [0.25, 0.3) is 0 Å².